The van der Waals surface area contributed by atoms with Crippen molar-refractivity contribution in [2.75, 3.05) is 14.1 Å². The number of nitrogens with zero attached hydrogens (tertiary/aromatic N) is 1. The minimum Gasteiger partial charge on any atom is -0.324 e. The van der Waals surface area contributed by atoms with Crippen LogP contribution in [0.15, 0.2) is 54.6 Å². The lowest BCUT2D eigenvalue weighted by Crippen LogP contribution is -2.54. The summed E-state index contributed by atoms with van der Waals surface area (Å²) in [6.07, 6.45) is 6.85. The molecule has 2 aliphatic rings. The van der Waals surface area contributed by atoms with E-state index in [1.54, 1.807) is 0 Å². The first kappa shape index (κ1) is 17.1. The zero-order valence-electron chi connectivity index (χ0n) is 15.4. The molecular weight excluding hydrogens is 326 g/mol. The molecule has 2 aliphatic heterocycles. The van der Waals surface area contributed by atoms with Gasteiger partial charge in [0.05, 0.1) is 26.2 Å². The van der Waals surface area contributed by atoms with Crippen molar-refractivity contribution in [2.45, 2.75) is 50.1 Å². The van der Waals surface area contributed by atoms with Crippen LogP contribution in [0.2, 0.25) is 5.02 Å². The van der Waals surface area contributed by atoms with E-state index in [9.17, 15) is 0 Å². The molecule has 25 heavy (non-hydrogen) atoms. The summed E-state index contributed by atoms with van der Waals surface area (Å²) in [5.74, 6) is 1.28. The fraction of sp³-hybridized carbons (Fsp3) is 0.478. The number of halogens is 1. The van der Waals surface area contributed by atoms with Crippen molar-refractivity contribution in [3.63, 3.8) is 0 Å². The summed E-state index contributed by atoms with van der Waals surface area (Å²) >= 11 is 6.31. The average molecular weight is 355 g/mol. The molecule has 0 N–H and O–H groups in total. The molecule has 0 saturated carbocycles. The molecule has 0 spiro atoms. The second-order valence-corrected chi connectivity index (χ2v) is 9.04. The van der Waals surface area contributed by atoms with Crippen molar-refractivity contribution in [1.82, 2.24) is 0 Å². The molecule has 0 aromatic heterocycles. The Hall–Kier alpha value is -1.31. The van der Waals surface area contributed by atoms with Crippen molar-refractivity contribution >= 4 is 11.6 Å². The number of quaternary nitrogens is 1. The normalized spacial score (nSPS) is 28.7. The van der Waals surface area contributed by atoms with Gasteiger partial charge in [0, 0.05) is 36.6 Å². The van der Waals surface area contributed by atoms with Gasteiger partial charge in [-0.1, -0.05) is 54.1 Å². The van der Waals surface area contributed by atoms with Crippen molar-refractivity contribution in [2.24, 2.45) is 5.92 Å². The van der Waals surface area contributed by atoms with E-state index in [-0.39, 0.29) is 0 Å². The van der Waals surface area contributed by atoms with Crippen LogP contribution in [0.5, 0.6) is 0 Å². The molecule has 2 saturated heterocycles. The van der Waals surface area contributed by atoms with Crippen LogP contribution in [0.1, 0.15) is 49.1 Å². The number of fused-ring (bicyclic) bond motifs is 2. The molecule has 2 heteroatoms. The van der Waals surface area contributed by atoms with Crippen molar-refractivity contribution in [3.8, 4) is 0 Å². The first-order valence-corrected chi connectivity index (χ1v) is 10.1. The van der Waals surface area contributed by atoms with E-state index < -0.39 is 0 Å². The zero-order valence-corrected chi connectivity index (χ0v) is 16.1. The molecule has 0 radical (unpaired) electrons. The van der Waals surface area contributed by atoms with Gasteiger partial charge in [0.1, 0.15) is 0 Å². The highest BCUT2D eigenvalue weighted by atomic mass is 35.5. The van der Waals surface area contributed by atoms with Crippen LogP contribution in [0.4, 0.5) is 0 Å². The molecule has 2 aromatic rings. The van der Waals surface area contributed by atoms with Gasteiger partial charge >= 0.3 is 0 Å². The highest BCUT2D eigenvalue weighted by Crippen LogP contribution is 2.46. The Kier molecular flexibility index (Phi) is 4.64. The topological polar surface area (TPSA) is 0 Å². The summed E-state index contributed by atoms with van der Waals surface area (Å²) in [5.41, 5.74) is 2.79. The lowest BCUT2D eigenvalue weighted by molar-refractivity contribution is -0.931. The van der Waals surface area contributed by atoms with Crippen LogP contribution in [0.25, 0.3) is 0 Å². The monoisotopic (exact) mass is 354 g/mol. The van der Waals surface area contributed by atoms with Crippen LogP contribution in [0, 0.1) is 5.92 Å². The number of benzene rings is 2. The van der Waals surface area contributed by atoms with Crippen LogP contribution < -0.4 is 0 Å². The highest BCUT2D eigenvalue weighted by molar-refractivity contribution is 6.30. The fourth-order valence-corrected chi connectivity index (χ4v) is 5.59. The third kappa shape index (κ3) is 3.37. The third-order valence-corrected chi connectivity index (χ3v) is 7.18. The lowest BCUT2D eigenvalue weighted by atomic mass is 9.78. The largest absolute Gasteiger partial charge is 0.324 e. The van der Waals surface area contributed by atoms with Gasteiger partial charge in [0.15, 0.2) is 0 Å². The van der Waals surface area contributed by atoms with E-state index in [0.29, 0.717) is 5.92 Å². The van der Waals surface area contributed by atoms with E-state index in [0.717, 1.165) is 23.0 Å². The van der Waals surface area contributed by atoms with Gasteiger partial charge in [0.25, 0.3) is 0 Å². The predicted octanol–water partition coefficient (Wildman–Crippen LogP) is 5.88. The number of rotatable bonds is 4. The van der Waals surface area contributed by atoms with Gasteiger partial charge in [-0.05, 0) is 35.6 Å². The van der Waals surface area contributed by atoms with Crippen LogP contribution in [-0.4, -0.2) is 30.7 Å². The molecule has 132 valence electrons. The molecule has 2 fully saturated rings. The zero-order chi connectivity index (χ0) is 17.4. The molecular formula is C23H29ClN+. The second kappa shape index (κ2) is 6.78. The van der Waals surface area contributed by atoms with Gasteiger partial charge in [0.2, 0.25) is 0 Å². The van der Waals surface area contributed by atoms with Crippen molar-refractivity contribution < 1.29 is 4.48 Å². The Labute approximate surface area is 157 Å². The maximum atomic E-state index is 6.31. The number of piperidine rings is 1. The summed E-state index contributed by atoms with van der Waals surface area (Å²) in [6.45, 7) is 0. The Morgan fingerprint density at radius 3 is 2.20 bits per heavy atom. The van der Waals surface area contributed by atoms with Gasteiger partial charge < -0.3 is 4.48 Å². The third-order valence-electron chi connectivity index (χ3n) is 6.95. The fourth-order valence-electron chi connectivity index (χ4n) is 5.39. The van der Waals surface area contributed by atoms with Crippen LogP contribution >= 0.6 is 11.6 Å². The smallest absolute Gasteiger partial charge is 0.0893 e. The van der Waals surface area contributed by atoms with E-state index in [1.165, 1.54) is 47.7 Å². The molecule has 3 unspecified atom stereocenters. The van der Waals surface area contributed by atoms with Gasteiger partial charge in [-0.2, -0.15) is 0 Å². The Morgan fingerprint density at radius 1 is 0.920 bits per heavy atom. The molecule has 1 nitrogen and oxygen atoms in total. The Morgan fingerprint density at radius 2 is 1.56 bits per heavy atom. The summed E-state index contributed by atoms with van der Waals surface area (Å²) in [5, 5.41) is 0.847. The molecule has 3 atom stereocenters. The number of hydrogen-bond donors (Lipinski definition) is 0. The minimum absolute atomic E-state index is 0.456. The molecule has 2 aromatic carbocycles. The summed E-state index contributed by atoms with van der Waals surface area (Å²) < 4.78 is 1.25. The molecule has 2 bridgehead atoms. The second-order valence-electron chi connectivity index (χ2n) is 8.61. The van der Waals surface area contributed by atoms with E-state index in [1.807, 2.05) is 6.07 Å². The minimum atomic E-state index is 0.456. The van der Waals surface area contributed by atoms with E-state index in [4.69, 9.17) is 11.6 Å². The highest BCUT2D eigenvalue weighted by Gasteiger charge is 2.48. The van der Waals surface area contributed by atoms with Crippen LogP contribution in [-0.2, 0) is 0 Å². The molecule has 4 rings (SSSR count). The average Bonchev–Trinajstić information content (AvgIpc) is 2.78. The van der Waals surface area contributed by atoms with Crippen LogP contribution in [0.3, 0.4) is 0 Å². The molecule has 0 aliphatic carbocycles. The first-order valence-electron chi connectivity index (χ1n) is 9.68. The lowest BCUT2D eigenvalue weighted by Gasteiger charge is -2.45. The number of hydrogen-bond acceptors (Lipinski definition) is 0. The standard InChI is InChI=1S/C23H29ClN/c1-25(2)21-11-12-22(25)14-17(13-21)15-23(18-7-4-3-5-8-18)19-9-6-10-20(24)16-19/h3-10,16-17,21-23H,11-15H2,1-2H3/q+1. The first-order chi connectivity index (χ1) is 12.0. The van der Waals surface area contributed by atoms with Gasteiger partial charge in [-0.25, -0.2) is 0 Å². The Bertz CT molecular complexity index is 708. The quantitative estimate of drug-likeness (QED) is 0.601. The Balaban J connectivity index is 1.60. The van der Waals surface area contributed by atoms with E-state index in [2.05, 4.69) is 62.6 Å². The summed E-state index contributed by atoms with van der Waals surface area (Å²) in [4.78, 5) is 0. The van der Waals surface area contributed by atoms with Gasteiger partial charge in [-0.3, -0.25) is 0 Å². The molecule has 0 amide bonds. The molecule has 2 heterocycles. The SMILES string of the molecule is C[N+]1(C)C2CCC1CC(CC(c1ccccc1)c1cccc(Cl)c1)C2. The van der Waals surface area contributed by atoms with E-state index >= 15 is 0 Å². The van der Waals surface area contributed by atoms with Crippen molar-refractivity contribution in [3.05, 3.63) is 70.7 Å². The van der Waals surface area contributed by atoms with Crippen molar-refractivity contribution in [1.29, 1.82) is 0 Å². The maximum Gasteiger partial charge on any atom is 0.0893 e. The van der Waals surface area contributed by atoms with Gasteiger partial charge in [-0.15, -0.1) is 0 Å². The summed E-state index contributed by atoms with van der Waals surface area (Å²) in [6, 6.07) is 21.2. The predicted molar refractivity (Wildman–Crippen MR) is 106 cm³/mol. The summed E-state index contributed by atoms with van der Waals surface area (Å²) in [7, 11) is 4.90. The maximum absolute atomic E-state index is 6.31.